The second-order valence-corrected chi connectivity index (χ2v) is 10.6. The molecule has 0 aliphatic carbocycles. The summed E-state index contributed by atoms with van der Waals surface area (Å²) < 4.78 is 28.4. The Morgan fingerprint density at radius 2 is 1.81 bits per heavy atom. The predicted octanol–water partition coefficient (Wildman–Crippen LogP) is 2.24. The van der Waals surface area contributed by atoms with Crippen LogP contribution in [0.4, 0.5) is 0 Å². The summed E-state index contributed by atoms with van der Waals surface area (Å²) in [5, 5.41) is 60.6. The van der Waals surface area contributed by atoms with Gasteiger partial charge >= 0.3 is 5.97 Å². The minimum atomic E-state index is -1.92. The number of ether oxygens (including phenoxy) is 5. The average molecular weight is 599 g/mol. The van der Waals surface area contributed by atoms with Crippen LogP contribution < -0.4 is 14.2 Å². The van der Waals surface area contributed by atoms with Crippen molar-refractivity contribution in [3.05, 3.63) is 71.3 Å². The molecule has 1 fully saturated rings. The number of hydrogen-bond donors (Lipinski definition) is 6. The second-order valence-electron chi connectivity index (χ2n) is 10.6. The van der Waals surface area contributed by atoms with Crippen LogP contribution in [0.2, 0.25) is 0 Å². The van der Waals surface area contributed by atoms with E-state index in [1.54, 1.807) is 7.11 Å². The Kier molecular flexibility index (Phi) is 8.83. The molecule has 230 valence electrons. The van der Waals surface area contributed by atoms with Crippen molar-refractivity contribution >= 4 is 5.97 Å². The maximum Gasteiger partial charge on any atom is 0.306 e. The Morgan fingerprint density at radius 1 is 1.05 bits per heavy atom. The quantitative estimate of drug-likeness (QED) is 0.148. The fourth-order valence-electron chi connectivity index (χ4n) is 5.12. The third-order valence-electron chi connectivity index (χ3n) is 7.59. The molecule has 0 bridgehead atoms. The number of aryl methyl sites for hydroxylation is 1. The highest BCUT2D eigenvalue weighted by molar-refractivity contribution is 5.70. The molecule has 43 heavy (non-hydrogen) atoms. The van der Waals surface area contributed by atoms with Gasteiger partial charge in [0.15, 0.2) is 17.6 Å². The molecular weight excluding hydrogens is 564 g/mol. The van der Waals surface area contributed by atoms with Gasteiger partial charge in [-0.05, 0) is 42.7 Å². The molecule has 2 aliphatic rings. The average Bonchev–Trinajstić information content (AvgIpc) is 3.28. The second kappa shape index (κ2) is 12.6. The molecule has 5 atom stereocenters. The largest absolute Gasteiger partial charge is 0.508 e. The van der Waals surface area contributed by atoms with Crippen LogP contribution in [0, 0.1) is 0 Å². The van der Waals surface area contributed by atoms with Crippen LogP contribution in [0.1, 0.15) is 35.6 Å². The van der Waals surface area contributed by atoms with Crippen LogP contribution in [0.3, 0.4) is 0 Å². The molecule has 3 unspecified atom stereocenters. The van der Waals surface area contributed by atoms with Gasteiger partial charge in [0.25, 0.3) is 0 Å². The number of fused-ring (bicyclic) bond motifs is 1. The van der Waals surface area contributed by atoms with E-state index in [1.165, 1.54) is 30.3 Å². The van der Waals surface area contributed by atoms with Gasteiger partial charge in [-0.15, -0.1) is 0 Å². The highest BCUT2D eigenvalue weighted by atomic mass is 16.7. The first-order valence-electron chi connectivity index (χ1n) is 13.8. The molecule has 2 aliphatic heterocycles. The van der Waals surface area contributed by atoms with Gasteiger partial charge < -0.3 is 54.3 Å². The number of methoxy groups -OCH3 is 1. The number of phenols is 3. The summed E-state index contributed by atoms with van der Waals surface area (Å²) in [4.78, 5) is 13.0. The number of phenolic OH excluding ortho intramolecular Hbond substituents is 3. The molecule has 0 spiro atoms. The van der Waals surface area contributed by atoms with Crippen molar-refractivity contribution in [3.8, 4) is 34.5 Å². The van der Waals surface area contributed by atoms with E-state index < -0.39 is 42.8 Å². The maximum atomic E-state index is 13.0. The molecule has 5 rings (SSSR count). The highest BCUT2D eigenvalue weighted by Crippen LogP contribution is 2.45. The Hall–Kier alpha value is -4.23. The lowest BCUT2D eigenvalue weighted by Gasteiger charge is -2.35. The first-order chi connectivity index (χ1) is 20.6. The maximum absolute atomic E-state index is 13.0. The van der Waals surface area contributed by atoms with E-state index in [0.29, 0.717) is 24.0 Å². The number of hydrogen-bond acceptors (Lipinski definition) is 12. The standard InChI is InChI=1S/C31H34O12/c1-39-20-8-5-17(6-9-20)3-2-4-27(36)41-26-14-21-24(42-28(26)18-7-10-22(34)23(35)11-18)12-19(33)13-25(21)43-30-29(37)31(38,15-32)16-40-30/h5-13,26,28-30,32-35,37-38H,2-4,14-16H2,1H3/t26-,28-,29?,30?,31?/m1/s1. The third kappa shape index (κ3) is 6.57. The number of carbonyl (C=O) groups is 1. The summed E-state index contributed by atoms with van der Waals surface area (Å²) in [5.74, 6) is -0.472. The van der Waals surface area contributed by atoms with Crippen LogP contribution in [0.15, 0.2) is 54.6 Å². The van der Waals surface area contributed by atoms with E-state index >= 15 is 0 Å². The van der Waals surface area contributed by atoms with E-state index in [1.807, 2.05) is 24.3 Å². The van der Waals surface area contributed by atoms with Crippen LogP contribution in [0.25, 0.3) is 0 Å². The van der Waals surface area contributed by atoms with Crippen LogP contribution >= 0.6 is 0 Å². The third-order valence-corrected chi connectivity index (χ3v) is 7.59. The van der Waals surface area contributed by atoms with Gasteiger partial charge in [0.05, 0.1) is 20.3 Å². The molecule has 3 aromatic rings. The molecule has 12 heteroatoms. The summed E-state index contributed by atoms with van der Waals surface area (Å²) in [6, 6.07) is 14.3. The van der Waals surface area contributed by atoms with Gasteiger partial charge in [-0.25, -0.2) is 0 Å². The van der Waals surface area contributed by atoms with Crippen molar-refractivity contribution in [1.82, 2.24) is 0 Å². The summed E-state index contributed by atoms with van der Waals surface area (Å²) >= 11 is 0. The number of carbonyl (C=O) groups excluding carboxylic acids is 1. The van der Waals surface area contributed by atoms with Gasteiger partial charge in [-0.3, -0.25) is 4.79 Å². The number of esters is 1. The minimum absolute atomic E-state index is 0.0498. The van der Waals surface area contributed by atoms with E-state index in [9.17, 15) is 35.4 Å². The molecular formula is C31H34O12. The number of aliphatic hydroxyl groups is 3. The van der Waals surface area contributed by atoms with E-state index in [4.69, 9.17) is 23.7 Å². The van der Waals surface area contributed by atoms with Crippen LogP contribution in [-0.2, 0) is 27.1 Å². The first-order valence-corrected chi connectivity index (χ1v) is 13.8. The number of benzene rings is 3. The zero-order valence-electron chi connectivity index (χ0n) is 23.4. The minimum Gasteiger partial charge on any atom is -0.508 e. The Morgan fingerprint density at radius 3 is 2.49 bits per heavy atom. The normalized spacial score (nSPS) is 24.6. The molecule has 12 nitrogen and oxygen atoms in total. The van der Waals surface area contributed by atoms with Crippen molar-refractivity contribution in [2.45, 2.75) is 55.9 Å². The summed E-state index contributed by atoms with van der Waals surface area (Å²) in [5.41, 5.74) is -0.0888. The molecule has 0 aromatic heterocycles. The first kappa shape index (κ1) is 30.2. The number of aromatic hydroxyl groups is 3. The number of aliphatic hydroxyl groups excluding tert-OH is 2. The van der Waals surface area contributed by atoms with Crippen molar-refractivity contribution in [3.63, 3.8) is 0 Å². The lowest BCUT2D eigenvalue weighted by atomic mass is 9.93. The summed E-state index contributed by atoms with van der Waals surface area (Å²) in [7, 11) is 1.59. The van der Waals surface area contributed by atoms with E-state index in [2.05, 4.69) is 0 Å². The van der Waals surface area contributed by atoms with Gasteiger partial charge in [0.2, 0.25) is 6.29 Å². The fraction of sp³-hybridized carbons (Fsp3) is 0.387. The van der Waals surface area contributed by atoms with Crippen molar-refractivity contribution in [1.29, 1.82) is 0 Å². The van der Waals surface area contributed by atoms with Crippen LogP contribution in [0.5, 0.6) is 34.5 Å². The van der Waals surface area contributed by atoms with Gasteiger partial charge in [-0.1, -0.05) is 18.2 Å². The van der Waals surface area contributed by atoms with Crippen molar-refractivity contribution < 1.29 is 59.1 Å². The van der Waals surface area contributed by atoms with Gasteiger partial charge in [0.1, 0.15) is 40.8 Å². The molecule has 0 amide bonds. The molecule has 2 heterocycles. The van der Waals surface area contributed by atoms with Crippen LogP contribution in [-0.4, -0.2) is 81.0 Å². The lowest BCUT2D eigenvalue weighted by Crippen LogP contribution is -2.48. The summed E-state index contributed by atoms with van der Waals surface area (Å²) in [6.07, 6.45) is -3.47. The van der Waals surface area contributed by atoms with Crippen molar-refractivity contribution in [2.75, 3.05) is 20.3 Å². The van der Waals surface area contributed by atoms with Crippen molar-refractivity contribution in [2.24, 2.45) is 0 Å². The summed E-state index contributed by atoms with van der Waals surface area (Å²) in [6.45, 7) is -1.14. The van der Waals surface area contributed by atoms with E-state index in [-0.39, 0.29) is 48.2 Å². The predicted molar refractivity (Wildman–Crippen MR) is 149 cm³/mol. The smallest absolute Gasteiger partial charge is 0.306 e. The lowest BCUT2D eigenvalue weighted by molar-refractivity contribution is -0.155. The molecule has 0 radical (unpaired) electrons. The number of rotatable bonds is 10. The molecule has 1 saturated heterocycles. The fourth-order valence-corrected chi connectivity index (χ4v) is 5.12. The molecule has 0 saturated carbocycles. The highest BCUT2D eigenvalue weighted by Gasteiger charge is 2.49. The monoisotopic (exact) mass is 598 g/mol. The molecule has 3 aromatic carbocycles. The Balaban J connectivity index is 1.36. The zero-order valence-corrected chi connectivity index (χ0v) is 23.4. The Bertz CT molecular complexity index is 1440. The molecule has 6 N–H and O–H groups in total. The topological polar surface area (TPSA) is 185 Å². The van der Waals surface area contributed by atoms with E-state index in [0.717, 1.165) is 11.3 Å². The zero-order chi connectivity index (χ0) is 30.7. The van der Waals surface area contributed by atoms with Gasteiger partial charge in [-0.2, -0.15) is 0 Å². The Labute approximate surface area is 247 Å². The van der Waals surface area contributed by atoms with Gasteiger partial charge in [0, 0.05) is 36.1 Å². The SMILES string of the molecule is COc1ccc(CCCC(=O)O[C@@H]2Cc3c(OC4OCC(O)(CO)C4O)cc(O)cc3O[C@@H]2c2ccc(O)c(O)c2)cc1.